The van der Waals surface area contributed by atoms with Crippen molar-refractivity contribution in [3.8, 4) is 11.3 Å². The average molecular weight is 447 g/mol. The highest BCUT2D eigenvalue weighted by Gasteiger charge is 2.55. The van der Waals surface area contributed by atoms with Gasteiger partial charge >= 0.3 is 0 Å². The number of hydrogen-bond acceptors (Lipinski definition) is 5. The molecule has 5 rings (SSSR count). The maximum absolute atomic E-state index is 12.4. The van der Waals surface area contributed by atoms with Crippen molar-refractivity contribution in [2.75, 3.05) is 33.4 Å². The number of aromatic nitrogens is 3. The van der Waals surface area contributed by atoms with Crippen LogP contribution in [0.2, 0.25) is 0 Å². The lowest BCUT2D eigenvalue weighted by Crippen LogP contribution is -2.63. The molecule has 0 aliphatic carbocycles. The van der Waals surface area contributed by atoms with E-state index >= 15 is 0 Å². The van der Waals surface area contributed by atoms with E-state index in [1.165, 1.54) is 5.56 Å². The molecule has 33 heavy (non-hydrogen) atoms. The fourth-order valence-corrected chi connectivity index (χ4v) is 5.60. The van der Waals surface area contributed by atoms with Crippen LogP contribution in [-0.2, 0) is 10.3 Å². The zero-order valence-corrected chi connectivity index (χ0v) is 20.0. The fraction of sp³-hybridized carbons (Fsp3) is 0.481. The second-order valence-corrected chi connectivity index (χ2v) is 10.5. The molecule has 2 fully saturated rings. The molecule has 0 radical (unpaired) electrons. The van der Waals surface area contributed by atoms with Crippen molar-refractivity contribution in [1.29, 1.82) is 0 Å². The van der Waals surface area contributed by atoms with Crippen molar-refractivity contribution in [3.63, 3.8) is 0 Å². The summed E-state index contributed by atoms with van der Waals surface area (Å²) in [6.45, 7) is 9.70. The molecule has 0 amide bonds. The van der Waals surface area contributed by atoms with Crippen LogP contribution < -0.4 is 0 Å². The number of aromatic amines is 1. The van der Waals surface area contributed by atoms with Crippen molar-refractivity contribution < 1.29 is 9.84 Å². The van der Waals surface area contributed by atoms with Gasteiger partial charge in [-0.25, -0.2) is 0 Å². The van der Waals surface area contributed by atoms with Crippen LogP contribution in [0.1, 0.15) is 61.4 Å². The first-order chi connectivity index (χ1) is 15.8. The second-order valence-electron chi connectivity index (χ2n) is 10.5. The molecule has 2 aromatic heterocycles. The van der Waals surface area contributed by atoms with E-state index in [-0.39, 0.29) is 5.41 Å². The van der Waals surface area contributed by atoms with Gasteiger partial charge in [0.25, 0.3) is 0 Å². The Morgan fingerprint density at radius 2 is 1.91 bits per heavy atom. The summed E-state index contributed by atoms with van der Waals surface area (Å²) in [5, 5.41) is 20.2. The van der Waals surface area contributed by atoms with Crippen molar-refractivity contribution in [2.24, 2.45) is 5.41 Å². The number of H-pyrrole nitrogens is 1. The van der Waals surface area contributed by atoms with Gasteiger partial charge in [0.2, 0.25) is 0 Å². The first kappa shape index (κ1) is 22.3. The minimum atomic E-state index is -1.16. The van der Waals surface area contributed by atoms with Gasteiger partial charge in [0.05, 0.1) is 12.3 Å². The Balaban J connectivity index is 1.55. The maximum Gasteiger partial charge on any atom is 0.124 e. The normalized spacial score (nSPS) is 22.3. The zero-order valence-electron chi connectivity index (χ0n) is 20.0. The number of likely N-dealkylation sites (tertiary alicyclic amines) is 1. The van der Waals surface area contributed by atoms with Crippen LogP contribution in [-0.4, -0.2) is 58.5 Å². The first-order valence-corrected chi connectivity index (χ1v) is 11.9. The van der Waals surface area contributed by atoms with Gasteiger partial charge in [-0.1, -0.05) is 45.0 Å². The number of benzene rings is 1. The summed E-state index contributed by atoms with van der Waals surface area (Å²) >= 11 is 0. The van der Waals surface area contributed by atoms with Gasteiger partial charge in [0.15, 0.2) is 0 Å². The van der Waals surface area contributed by atoms with Gasteiger partial charge in [-0.15, -0.1) is 0 Å². The lowest BCUT2D eigenvalue weighted by Gasteiger charge is -2.55. The molecule has 6 heteroatoms. The van der Waals surface area contributed by atoms with Crippen molar-refractivity contribution >= 4 is 0 Å². The van der Waals surface area contributed by atoms with Crippen LogP contribution in [0.4, 0.5) is 0 Å². The van der Waals surface area contributed by atoms with Crippen LogP contribution in [0.5, 0.6) is 0 Å². The highest BCUT2D eigenvalue weighted by Crippen LogP contribution is 2.50. The zero-order chi connectivity index (χ0) is 23.2. The Hall–Kier alpha value is -2.54. The maximum atomic E-state index is 12.4. The number of nitrogens with one attached hydrogen (secondary N) is 1. The number of ether oxygens (including phenoxy) is 1. The average Bonchev–Trinajstić information content (AvgIpc) is 3.50. The highest BCUT2D eigenvalue weighted by atomic mass is 16.5. The predicted molar refractivity (Wildman–Crippen MR) is 129 cm³/mol. The predicted octanol–water partition coefficient (Wildman–Crippen LogP) is 4.29. The van der Waals surface area contributed by atoms with E-state index < -0.39 is 5.60 Å². The van der Waals surface area contributed by atoms with Crippen LogP contribution in [0.3, 0.4) is 0 Å². The molecule has 0 spiro atoms. The number of aliphatic hydroxyl groups is 1. The standard InChI is InChI=1S/C27H34N4O2/c1-18(2)19-5-7-22(8-6-19)27(32,26(3)16-31(4)17-26)23-11-21(13-28-14-23)25-12-24(29-30-25)20-9-10-33-15-20/h5-8,11-14,18,20,32H,9-10,15-17H2,1-4H3,(H,29,30)/t20-,27-/m0/s1. The molecule has 2 saturated heterocycles. The highest BCUT2D eigenvalue weighted by molar-refractivity contribution is 5.60. The van der Waals surface area contributed by atoms with Gasteiger partial charge in [-0.2, -0.15) is 5.10 Å². The lowest BCUT2D eigenvalue weighted by molar-refractivity contribution is -0.127. The summed E-state index contributed by atoms with van der Waals surface area (Å²) in [6.07, 6.45) is 4.64. The van der Waals surface area contributed by atoms with Gasteiger partial charge in [0.1, 0.15) is 5.60 Å². The van der Waals surface area contributed by atoms with Crippen LogP contribution in [0, 0.1) is 5.41 Å². The molecule has 2 N–H and O–H groups in total. The molecule has 3 aromatic rings. The third kappa shape index (κ3) is 3.80. The molecule has 2 aliphatic heterocycles. The van der Waals surface area contributed by atoms with E-state index in [4.69, 9.17) is 4.74 Å². The molecule has 0 unspecified atom stereocenters. The molecule has 2 aliphatic rings. The van der Waals surface area contributed by atoms with E-state index in [9.17, 15) is 5.11 Å². The fourth-order valence-electron chi connectivity index (χ4n) is 5.60. The second kappa shape index (κ2) is 8.35. The largest absolute Gasteiger partial charge is 0.381 e. The Kier molecular flexibility index (Phi) is 5.63. The molecule has 0 bridgehead atoms. The summed E-state index contributed by atoms with van der Waals surface area (Å²) < 4.78 is 5.53. The van der Waals surface area contributed by atoms with Crippen LogP contribution in [0.15, 0.2) is 48.8 Å². The van der Waals surface area contributed by atoms with Crippen LogP contribution in [0.25, 0.3) is 11.3 Å². The third-order valence-corrected chi connectivity index (χ3v) is 7.53. The Bertz CT molecular complexity index is 1110. The smallest absolute Gasteiger partial charge is 0.124 e. The van der Waals surface area contributed by atoms with Crippen molar-refractivity contribution in [1.82, 2.24) is 20.1 Å². The van der Waals surface area contributed by atoms with E-state index in [1.54, 1.807) is 0 Å². The molecule has 2 atom stereocenters. The van der Waals surface area contributed by atoms with E-state index in [1.807, 2.05) is 12.4 Å². The number of rotatable bonds is 6. The van der Waals surface area contributed by atoms with Gasteiger partial charge < -0.3 is 14.7 Å². The summed E-state index contributed by atoms with van der Waals surface area (Å²) in [4.78, 5) is 6.79. The van der Waals surface area contributed by atoms with Gasteiger partial charge in [0, 0.05) is 60.2 Å². The van der Waals surface area contributed by atoms with Gasteiger partial charge in [-0.3, -0.25) is 10.1 Å². The molecule has 6 nitrogen and oxygen atoms in total. The lowest BCUT2D eigenvalue weighted by atomic mass is 9.62. The monoisotopic (exact) mass is 446 g/mol. The molecule has 174 valence electrons. The molecule has 4 heterocycles. The third-order valence-electron chi connectivity index (χ3n) is 7.53. The minimum absolute atomic E-state index is 0.320. The SMILES string of the molecule is CC(C)c1ccc([C@](O)(c2cncc(-c3cc([C@H]4CCOC4)[nH]n3)c2)C2(C)CN(C)C2)cc1. The Morgan fingerprint density at radius 1 is 1.15 bits per heavy atom. The summed E-state index contributed by atoms with van der Waals surface area (Å²) in [5.41, 5.74) is 4.36. The molecule has 1 aromatic carbocycles. The summed E-state index contributed by atoms with van der Waals surface area (Å²) in [7, 11) is 2.09. The first-order valence-electron chi connectivity index (χ1n) is 11.9. The topological polar surface area (TPSA) is 74.3 Å². The van der Waals surface area contributed by atoms with E-state index in [0.717, 1.165) is 60.8 Å². The Morgan fingerprint density at radius 3 is 2.55 bits per heavy atom. The summed E-state index contributed by atoms with van der Waals surface area (Å²) in [6, 6.07) is 12.6. The van der Waals surface area contributed by atoms with Crippen molar-refractivity contribution in [2.45, 2.75) is 44.6 Å². The Labute approximate surface area is 196 Å². The number of hydrogen-bond donors (Lipinski definition) is 2. The minimum Gasteiger partial charge on any atom is -0.381 e. The quantitative estimate of drug-likeness (QED) is 0.591. The van der Waals surface area contributed by atoms with Crippen LogP contribution >= 0.6 is 0 Å². The van der Waals surface area contributed by atoms with Gasteiger partial charge in [-0.05, 0) is 42.6 Å². The van der Waals surface area contributed by atoms with E-state index in [2.05, 4.69) is 84.3 Å². The van der Waals surface area contributed by atoms with Crippen molar-refractivity contribution in [3.05, 3.63) is 71.2 Å². The number of pyridine rings is 1. The summed E-state index contributed by atoms with van der Waals surface area (Å²) in [5.74, 6) is 0.810. The molecule has 0 saturated carbocycles. The van der Waals surface area contributed by atoms with E-state index in [0.29, 0.717) is 11.8 Å². The molecular weight excluding hydrogens is 412 g/mol. The number of nitrogens with zero attached hydrogens (tertiary/aromatic N) is 3. The molecular formula is C27H34N4O2.